The van der Waals surface area contributed by atoms with Crippen molar-refractivity contribution in [3.05, 3.63) is 42.0 Å². The number of carbonyl (C=O) groups excluding carboxylic acids is 2. The number of likely N-dealkylation sites (tertiary alicyclic amines) is 1. The number of carbonyl (C=O) groups is 3. The van der Waals surface area contributed by atoms with Crippen molar-refractivity contribution in [3.63, 3.8) is 0 Å². The third kappa shape index (κ3) is 3.43. The normalized spacial score (nSPS) is 33.2. The van der Waals surface area contributed by atoms with E-state index in [0.717, 1.165) is 11.1 Å². The van der Waals surface area contributed by atoms with Gasteiger partial charge in [-0.3, -0.25) is 14.4 Å². The zero-order chi connectivity index (χ0) is 24.2. The number of aliphatic hydroxyl groups is 1. The molecule has 1 aromatic carbocycles. The highest BCUT2D eigenvalue weighted by atomic mass is 79.9. The quantitative estimate of drug-likeness (QED) is 0.420. The SMILES string of the molecule is C=CCN(C(=O)[C@@H]1N([C@H](C)CO)C(=O)[C@H]2[C@H](C(=O)O)[C@H]3O[C@@]12CC3Br)c1cc(C)ccc1C. The number of hydrogen-bond acceptors (Lipinski definition) is 5. The minimum absolute atomic E-state index is 0.208. The van der Waals surface area contributed by atoms with E-state index < -0.39 is 47.5 Å². The number of fused-ring (bicyclic) bond motifs is 1. The van der Waals surface area contributed by atoms with Crippen molar-refractivity contribution in [1.82, 2.24) is 4.90 Å². The van der Waals surface area contributed by atoms with Crippen molar-refractivity contribution < 1.29 is 29.3 Å². The number of aryl methyl sites for hydroxylation is 2. The number of ether oxygens (including phenoxy) is 1. The number of anilines is 1. The second-order valence-electron chi connectivity index (χ2n) is 9.31. The number of aliphatic hydroxyl groups excluding tert-OH is 1. The fourth-order valence-electron chi connectivity index (χ4n) is 5.79. The summed E-state index contributed by atoms with van der Waals surface area (Å²) in [7, 11) is 0. The van der Waals surface area contributed by atoms with Crippen LogP contribution >= 0.6 is 15.9 Å². The molecule has 2 bridgehead atoms. The van der Waals surface area contributed by atoms with Gasteiger partial charge >= 0.3 is 5.97 Å². The third-order valence-corrected chi connectivity index (χ3v) is 8.06. The van der Waals surface area contributed by atoms with Crippen molar-refractivity contribution in [3.8, 4) is 0 Å². The van der Waals surface area contributed by atoms with Gasteiger partial charge in [0.25, 0.3) is 5.91 Å². The summed E-state index contributed by atoms with van der Waals surface area (Å²) >= 11 is 3.53. The van der Waals surface area contributed by atoms with Gasteiger partial charge in [0.1, 0.15) is 11.6 Å². The molecule has 3 aliphatic rings. The highest BCUT2D eigenvalue weighted by molar-refractivity contribution is 9.09. The molecule has 1 spiro atoms. The van der Waals surface area contributed by atoms with Crippen LogP contribution in [-0.2, 0) is 19.1 Å². The van der Waals surface area contributed by atoms with Gasteiger partial charge in [0, 0.05) is 17.1 Å². The Hall–Kier alpha value is -2.23. The number of amides is 2. The second-order valence-corrected chi connectivity index (χ2v) is 10.5. The maximum absolute atomic E-state index is 14.2. The molecular formula is C24H29BrN2O6. The number of alkyl halides is 1. The van der Waals surface area contributed by atoms with Gasteiger partial charge in [0.15, 0.2) is 0 Å². The average Bonchev–Trinajstić information content (AvgIpc) is 3.36. The number of halogens is 1. The van der Waals surface area contributed by atoms with Crippen LogP contribution in [0.3, 0.4) is 0 Å². The lowest BCUT2D eigenvalue weighted by Crippen LogP contribution is -2.58. The first-order valence-electron chi connectivity index (χ1n) is 11.1. The van der Waals surface area contributed by atoms with E-state index in [2.05, 4.69) is 22.5 Å². The van der Waals surface area contributed by atoms with E-state index in [0.29, 0.717) is 12.1 Å². The minimum Gasteiger partial charge on any atom is -0.481 e. The summed E-state index contributed by atoms with van der Waals surface area (Å²) < 4.78 is 6.27. The lowest BCUT2D eigenvalue weighted by atomic mass is 9.70. The van der Waals surface area contributed by atoms with Crippen LogP contribution < -0.4 is 4.90 Å². The van der Waals surface area contributed by atoms with Gasteiger partial charge in [-0.2, -0.15) is 0 Å². The van der Waals surface area contributed by atoms with E-state index in [-0.39, 0.29) is 23.9 Å². The van der Waals surface area contributed by atoms with Crippen LogP contribution in [-0.4, -0.2) is 74.7 Å². The van der Waals surface area contributed by atoms with Gasteiger partial charge in [-0.25, -0.2) is 0 Å². The first-order chi connectivity index (χ1) is 15.6. The van der Waals surface area contributed by atoms with Crippen molar-refractivity contribution in [2.24, 2.45) is 11.8 Å². The molecule has 3 heterocycles. The fraction of sp³-hybridized carbons (Fsp3) is 0.542. The van der Waals surface area contributed by atoms with Gasteiger partial charge in [-0.15, -0.1) is 6.58 Å². The zero-order valence-electron chi connectivity index (χ0n) is 18.9. The lowest BCUT2D eigenvalue weighted by Gasteiger charge is -2.39. The van der Waals surface area contributed by atoms with Crippen LogP contribution in [0.2, 0.25) is 0 Å². The van der Waals surface area contributed by atoms with Gasteiger partial charge in [0.2, 0.25) is 5.91 Å². The number of aliphatic carboxylic acids is 1. The Labute approximate surface area is 201 Å². The first-order valence-corrected chi connectivity index (χ1v) is 12.0. The van der Waals surface area contributed by atoms with Crippen LogP contribution in [0.4, 0.5) is 5.69 Å². The molecule has 0 aromatic heterocycles. The molecule has 2 amide bonds. The molecule has 1 aromatic rings. The number of nitrogens with zero attached hydrogens (tertiary/aromatic N) is 2. The number of rotatable bonds is 7. The largest absolute Gasteiger partial charge is 0.481 e. The molecule has 33 heavy (non-hydrogen) atoms. The lowest BCUT2D eigenvalue weighted by molar-refractivity contribution is -0.150. The molecular weight excluding hydrogens is 492 g/mol. The number of benzene rings is 1. The Bertz CT molecular complexity index is 1010. The Kier molecular flexibility index (Phi) is 6.18. The summed E-state index contributed by atoms with van der Waals surface area (Å²) in [4.78, 5) is 42.6. The molecule has 3 aliphatic heterocycles. The number of carboxylic acid groups (broad SMARTS) is 1. The molecule has 3 fully saturated rings. The molecule has 1 unspecified atom stereocenters. The Morgan fingerprint density at radius 3 is 2.73 bits per heavy atom. The highest BCUT2D eigenvalue weighted by Gasteiger charge is 2.77. The summed E-state index contributed by atoms with van der Waals surface area (Å²) in [5.74, 6) is -3.99. The van der Waals surface area contributed by atoms with Crippen LogP contribution in [0.25, 0.3) is 0 Å². The van der Waals surface area contributed by atoms with Crippen molar-refractivity contribution in [2.75, 3.05) is 18.1 Å². The van der Waals surface area contributed by atoms with E-state index >= 15 is 0 Å². The molecule has 2 N–H and O–H groups in total. The summed E-state index contributed by atoms with van der Waals surface area (Å²) in [6, 6.07) is 4.05. The molecule has 0 saturated carbocycles. The monoisotopic (exact) mass is 520 g/mol. The van der Waals surface area contributed by atoms with Gasteiger partial charge in [-0.1, -0.05) is 34.1 Å². The minimum atomic E-state index is -1.28. The van der Waals surface area contributed by atoms with E-state index in [1.165, 1.54) is 4.90 Å². The highest BCUT2D eigenvalue weighted by Crippen LogP contribution is 2.60. The van der Waals surface area contributed by atoms with Gasteiger partial charge < -0.3 is 24.7 Å². The zero-order valence-corrected chi connectivity index (χ0v) is 20.5. The van der Waals surface area contributed by atoms with E-state index in [1.807, 2.05) is 32.0 Å². The van der Waals surface area contributed by atoms with E-state index in [4.69, 9.17) is 4.74 Å². The number of hydrogen-bond donors (Lipinski definition) is 2. The molecule has 4 rings (SSSR count). The maximum Gasteiger partial charge on any atom is 0.310 e. The first kappa shape index (κ1) is 23.9. The Morgan fingerprint density at radius 1 is 1.42 bits per heavy atom. The molecule has 0 aliphatic carbocycles. The van der Waals surface area contributed by atoms with Crippen LogP contribution in [0.5, 0.6) is 0 Å². The van der Waals surface area contributed by atoms with E-state index in [1.54, 1.807) is 17.9 Å². The molecule has 8 nitrogen and oxygen atoms in total. The van der Waals surface area contributed by atoms with Crippen LogP contribution in [0, 0.1) is 25.7 Å². The van der Waals surface area contributed by atoms with Crippen molar-refractivity contribution >= 4 is 39.4 Å². The topological polar surface area (TPSA) is 107 Å². The predicted octanol–water partition coefficient (Wildman–Crippen LogP) is 2.04. The maximum atomic E-state index is 14.2. The summed E-state index contributed by atoms with van der Waals surface area (Å²) in [5.41, 5.74) is 1.27. The standard InChI is InChI=1S/C24H29BrN2O6/c1-5-8-26(16-9-12(2)6-7-13(16)3)22(30)20-24-10-15(25)19(33-24)17(23(31)32)18(24)21(29)27(20)14(4)11-28/h5-7,9,14-15,17-20,28H,1,8,10-11H2,2-4H3,(H,31,32)/t14-,15?,17+,18-,19+,20+,24-/m1/s1. The molecule has 7 atom stereocenters. The van der Waals surface area contributed by atoms with Crippen LogP contribution in [0.1, 0.15) is 24.5 Å². The third-order valence-electron chi connectivity index (χ3n) is 7.22. The Morgan fingerprint density at radius 2 is 2.12 bits per heavy atom. The summed E-state index contributed by atoms with van der Waals surface area (Å²) in [6.45, 7) is 9.14. The van der Waals surface area contributed by atoms with Gasteiger partial charge in [-0.05, 0) is 44.4 Å². The molecule has 178 valence electrons. The predicted molar refractivity (Wildman–Crippen MR) is 125 cm³/mol. The molecule has 0 radical (unpaired) electrons. The summed E-state index contributed by atoms with van der Waals surface area (Å²) in [5, 5.41) is 19.8. The number of carboxylic acids is 1. The summed E-state index contributed by atoms with van der Waals surface area (Å²) in [6.07, 6.45) is 1.25. The van der Waals surface area contributed by atoms with Crippen LogP contribution in [0.15, 0.2) is 30.9 Å². The molecule has 9 heteroatoms. The fourth-order valence-corrected chi connectivity index (χ4v) is 6.73. The van der Waals surface area contributed by atoms with Crippen molar-refractivity contribution in [1.29, 1.82) is 0 Å². The average molecular weight is 521 g/mol. The second kappa shape index (κ2) is 8.52. The Balaban J connectivity index is 1.86. The van der Waals surface area contributed by atoms with E-state index in [9.17, 15) is 24.6 Å². The smallest absolute Gasteiger partial charge is 0.310 e. The van der Waals surface area contributed by atoms with Gasteiger partial charge in [0.05, 0.1) is 30.6 Å². The van der Waals surface area contributed by atoms with Crippen molar-refractivity contribution in [2.45, 2.75) is 55.8 Å². The molecule has 3 saturated heterocycles.